The SMILES string of the molecule is COC(=O)C(Cc1cc(Cl)cc(B2OC(C)(C)C(C)(C)O2)c1)NC(=O)OC(C)(C)C. The van der Waals surface area contributed by atoms with Crippen LogP contribution >= 0.6 is 11.6 Å². The Morgan fingerprint density at radius 3 is 2.20 bits per heavy atom. The molecular formula is C21H31BClNO6. The molecule has 0 bridgehead atoms. The van der Waals surface area contributed by atoms with Gasteiger partial charge in [-0.2, -0.15) is 0 Å². The zero-order chi connectivity index (χ0) is 22.9. The van der Waals surface area contributed by atoms with Crippen LogP contribution in [0.1, 0.15) is 54.0 Å². The lowest BCUT2D eigenvalue weighted by atomic mass is 9.78. The smallest absolute Gasteiger partial charge is 0.467 e. The molecule has 1 atom stereocenters. The number of hydrogen-bond acceptors (Lipinski definition) is 6. The molecule has 2 rings (SSSR count). The lowest BCUT2D eigenvalue weighted by molar-refractivity contribution is -0.143. The Hall–Kier alpha value is -1.77. The van der Waals surface area contributed by atoms with Crippen molar-refractivity contribution in [2.24, 2.45) is 0 Å². The quantitative estimate of drug-likeness (QED) is 0.560. The van der Waals surface area contributed by atoms with Gasteiger partial charge in [0.2, 0.25) is 0 Å². The number of carbonyl (C=O) groups is 2. The molecular weight excluding hydrogens is 408 g/mol. The molecule has 0 saturated carbocycles. The highest BCUT2D eigenvalue weighted by Gasteiger charge is 2.51. The van der Waals surface area contributed by atoms with Crippen LogP contribution in [0.3, 0.4) is 0 Å². The fraction of sp³-hybridized carbons (Fsp3) is 0.619. The van der Waals surface area contributed by atoms with Gasteiger partial charge in [0, 0.05) is 11.4 Å². The van der Waals surface area contributed by atoms with Gasteiger partial charge in [-0.25, -0.2) is 9.59 Å². The first kappa shape index (κ1) is 24.5. The summed E-state index contributed by atoms with van der Waals surface area (Å²) in [4.78, 5) is 24.4. The van der Waals surface area contributed by atoms with Crippen molar-refractivity contribution >= 4 is 36.2 Å². The second-order valence-corrected chi connectivity index (χ2v) is 9.84. The Kier molecular flexibility index (Phi) is 7.16. The average molecular weight is 440 g/mol. The number of esters is 1. The number of hydrogen-bond donors (Lipinski definition) is 1. The van der Waals surface area contributed by atoms with E-state index in [2.05, 4.69) is 5.32 Å². The van der Waals surface area contributed by atoms with Gasteiger partial charge >= 0.3 is 19.2 Å². The average Bonchev–Trinajstić information content (AvgIpc) is 2.79. The monoisotopic (exact) mass is 439 g/mol. The minimum atomic E-state index is -0.936. The van der Waals surface area contributed by atoms with Gasteiger partial charge in [0.25, 0.3) is 0 Å². The second-order valence-electron chi connectivity index (χ2n) is 9.41. The number of methoxy groups -OCH3 is 1. The van der Waals surface area contributed by atoms with Crippen LogP contribution in [0.5, 0.6) is 0 Å². The van der Waals surface area contributed by atoms with Crippen LogP contribution in [0, 0.1) is 0 Å². The van der Waals surface area contributed by atoms with E-state index in [1.165, 1.54) is 7.11 Å². The first-order valence-corrected chi connectivity index (χ1v) is 10.2. The maximum atomic E-state index is 12.2. The van der Waals surface area contributed by atoms with Crippen molar-refractivity contribution < 1.29 is 28.4 Å². The molecule has 0 spiro atoms. The summed E-state index contributed by atoms with van der Waals surface area (Å²) < 4.78 is 22.3. The molecule has 1 aliphatic heterocycles. The Balaban J connectivity index is 2.23. The normalized spacial score (nSPS) is 18.6. The number of amides is 1. The molecule has 0 aliphatic carbocycles. The maximum Gasteiger partial charge on any atom is 0.494 e. The minimum Gasteiger partial charge on any atom is -0.467 e. The predicted molar refractivity (Wildman–Crippen MR) is 116 cm³/mol. The van der Waals surface area contributed by atoms with Crippen LogP contribution in [0.4, 0.5) is 4.79 Å². The highest BCUT2D eigenvalue weighted by Crippen LogP contribution is 2.36. The zero-order valence-electron chi connectivity index (χ0n) is 18.9. The van der Waals surface area contributed by atoms with Crippen LogP contribution in [0.25, 0.3) is 0 Å². The summed E-state index contributed by atoms with van der Waals surface area (Å²) in [6, 6.07) is 4.40. The van der Waals surface area contributed by atoms with E-state index < -0.39 is 42.0 Å². The summed E-state index contributed by atoms with van der Waals surface area (Å²) in [5.74, 6) is -0.585. The molecule has 0 aromatic heterocycles. The number of benzene rings is 1. The van der Waals surface area contributed by atoms with Gasteiger partial charge in [-0.1, -0.05) is 17.7 Å². The third kappa shape index (κ3) is 6.12. The molecule has 1 N–H and O–H groups in total. The zero-order valence-corrected chi connectivity index (χ0v) is 19.7. The van der Waals surface area contributed by atoms with E-state index in [4.69, 9.17) is 30.4 Å². The Morgan fingerprint density at radius 2 is 1.70 bits per heavy atom. The lowest BCUT2D eigenvalue weighted by Gasteiger charge is -2.32. The van der Waals surface area contributed by atoms with Crippen LogP contribution in [0.15, 0.2) is 18.2 Å². The van der Waals surface area contributed by atoms with Crippen LogP contribution in [0.2, 0.25) is 5.02 Å². The summed E-state index contributed by atoms with van der Waals surface area (Å²) in [6.45, 7) is 13.1. The van der Waals surface area contributed by atoms with Crippen molar-refractivity contribution in [3.05, 3.63) is 28.8 Å². The van der Waals surface area contributed by atoms with Gasteiger partial charge in [-0.3, -0.25) is 0 Å². The van der Waals surface area contributed by atoms with Crippen LogP contribution in [-0.4, -0.2) is 49.1 Å². The van der Waals surface area contributed by atoms with Gasteiger partial charge < -0.3 is 24.1 Å². The van der Waals surface area contributed by atoms with Gasteiger partial charge in [0.1, 0.15) is 11.6 Å². The molecule has 1 saturated heterocycles. The number of carbonyl (C=O) groups excluding carboxylic acids is 2. The molecule has 1 aliphatic rings. The molecule has 30 heavy (non-hydrogen) atoms. The first-order chi connectivity index (χ1) is 13.6. The molecule has 7 nitrogen and oxygen atoms in total. The van der Waals surface area contributed by atoms with Gasteiger partial charge in [0.15, 0.2) is 0 Å². The van der Waals surface area contributed by atoms with Crippen molar-refractivity contribution in [1.82, 2.24) is 5.32 Å². The van der Waals surface area contributed by atoms with Crippen molar-refractivity contribution in [3.8, 4) is 0 Å². The van der Waals surface area contributed by atoms with Crippen LogP contribution in [-0.2, 0) is 30.0 Å². The number of halogens is 1. The van der Waals surface area contributed by atoms with E-state index in [1.54, 1.807) is 32.9 Å². The predicted octanol–water partition coefficient (Wildman–Crippen LogP) is 3.25. The third-order valence-corrected chi connectivity index (χ3v) is 5.34. The summed E-state index contributed by atoms with van der Waals surface area (Å²) in [7, 11) is 0.669. The van der Waals surface area contributed by atoms with Gasteiger partial charge in [-0.15, -0.1) is 0 Å². The minimum absolute atomic E-state index is 0.166. The van der Waals surface area contributed by atoms with E-state index in [0.717, 1.165) is 11.0 Å². The molecule has 166 valence electrons. The van der Waals surface area contributed by atoms with Crippen molar-refractivity contribution in [1.29, 1.82) is 0 Å². The van der Waals surface area contributed by atoms with Gasteiger partial charge in [-0.05, 0) is 71.6 Å². The number of ether oxygens (including phenoxy) is 2. The highest BCUT2D eigenvalue weighted by molar-refractivity contribution is 6.62. The maximum absolute atomic E-state index is 12.2. The van der Waals surface area contributed by atoms with Crippen molar-refractivity contribution in [2.75, 3.05) is 7.11 Å². The first-order valence-electron chi connectivity index (χ1n) is 9.86. The van der Waals surface area contributed by atoms with E-state index in [-0.39, 0.29) is 6.42 Å². The molecule has 1 amide bonds. The number of rotatable bonds is 5. The third-order valence-electron chi connectivity index (χ3n) is 5.12. The summed E-state index contributed by atoms with van der Waals surface area (Å²) >= 11 is 6.32. The molecule has 1 heterocycles. The molecule has 1 unspecified atom stereocenters. The molecule has 0 radical (unpaired) electrons. The molecule has 1 fully saturated rings. The van der Waals surface area contributed by atoms with Crippen molar-refractivity contribution in [3.63, 3.8) is 0 Å². The standard InChI is InChI=1S/C21H31BClNO6/c1-19(2,3)28-18(26)24-16(17(25)27-8)11-13-9-14(12-15(23)10-13)22-29-20(4,5)21(6,7)30-22/h9-10,12,16H,11H2,1-8H3,(H,24,26). The summed E-state index contributed by atoms with van der Waals surface area (Å²) in [5.41, 5.74) is -0.222. The van der Waals surface area contributed by atoms with E-state index in [1.807, 2.05) is 33.8 Å². The summed E-state index contributed by atoms with van der Waals surface area (Å²) in [5, 5.41) is 3.04. The number of nitrogens with one attached hydrogen (secondary N) is 1. The Labute approximate surface area is 183 Å². The topological polar surface area (TPSA) is 83.1 Å². The van der Waals surface area contributed by atoms with E-state index in [0.29, 0.717) is 5.02 Å². The fourth-order valence-electron chi connectivity index (χ4n) is 2.93. The number of alkyl carbamates (subject to hydrolysis) is 1. The Bertz CT molecular complexity index is 789. The fourth-order valence-corrected chi connectivity index (χ4v) is 3.20. The molecule has 1 aromatic rings. The lowest BCUT2D eigenvalue weighted by Crippen LogP contribution is -2.45. The molecule has 1 aromatic carbocycles. The van der Waals surface area contributed by atoms with E-state index >= 15 is 0 Å². The summed E-state index contributed by atoms with van der Waals surface area (Å²) in [6.07, 6.45) is -0.537. The largest absolute Gasteiger partial charge is 0.494 e. The van der Waals surface area contributed by atoms with Crippen LogP contribution < -0.4 is 10.8 Å². The molecule has 9 heteroatoms. The second kappa shape index (κ2) is 8.77. The highest BCUT2D eigenvalue weighted by atomic mass is 35.5. The van der Waals surface area contributed by atoms with Gasteiger partial charge in [0.05, 0.1) is 18.3 Å². The van der Waals surface area contributed by atoms with E-state index in [9.17, 15) is 9.59 Å². The Morgan fingerprint density at radius 1 is 1.13 bits per heavy atom. The van der Waals surface area contributed by atoms with Crippen molar-refractivity contribution in [2.45, 2.75) is 77.7 Å².